The molecule has 0 spiro atoms. The number of H-pyrrole nitrogens is 1. The maximum atomic E-state index is 14.1. The maximum Gasteiger partial charge on any atom is 0.342 e. The van der Waals surface area contributed by atoms with Crippen molar-refractivity contribution < 1.29 is 19.1 Å². The van der Waals surface area contributed by atoms with E-state index >= 15 is 0 Å². The second kappa shape index (κ2) is 14.3. The lowest BCUT2D eigenvalue weighted by atomic mass is 9.59. The molecule has 2 fully saturated rings. The highest BCUT2D eigenvalue weighted by Gasteiger charge is 2.50. The number of nitrogens with zero attached hydrogens (tertiary/aromatic N) is 1. The molecule has 5 N–H and O–H groups in total. The second-order valence-corrected chi connectivity index (χ2v) is 21.2. The summed E-state index contributed by atoms with van der Waals surface area (Å²) in [5, 5.41) is 0. The first-order valence-electron chi connectivity index (χ1n) is 19.7. The van der Waals surface area contributed by atoms with E-state index in [0.29, 0.717) is 45.5 Å². The van der Waals surface area contributed by atoms with Crippen LogP contribution >= 0.6 is 0 Å². The number of nitrogens with two attached hydrogens (primary N) is 2. The van der Waals surface area contributed by atoms with Crippen LogP contribution in [-0.2, 0) is 14.3 Å². The molecule has 1 aliphatic heterocycles. The fraction of sp³-hybridized carbons (Fsp3) is 0.750. The van der Waals surface area contributed by atoms with E-state index in [2.05, 4.69) is 102 Å². The van der Waals surface area contributed by atoms with Gasteiger partial charge in [-0.15, -0.1) is 0 Å². The number of hydrogen-bond acceptors (Lipinski definition) is 7. The molecule has 4 rings (SSSR count). The van der Waals surface area contributed by atoms with Crippen LogP contribution in [0.2, 0.25) is 0 Å². The monoisotopic (exact) mass is 721 g/mol. The van der Waals surface area contributed by atoms with Gasteiger partial charge in [-0.25, -0.2) is 14.6 Å². The van der Waals surface area contributed by atoms with Crippen LogP contribution in [0.25, 0.3) is 5.57 Å². The van der Waals surface area contributed by atoms with Crippen LogP contribution in [0.15, 0.2) is 21.8 Å². The van der Waals surface area contributed by atoms with E-state index in [1.54, 1.807) is 0 Å². The SMILES string of the molecule is CC1=C(C(=O)OC2C(C(C)(C)C)CC(C)CC2C(C)(C)C)C(N)=N/C1=C(/C)c1[nH]c(N)c(C(=O)OC2C(C(C)(C)C)CC(C)CC2C(C)(C)C)c1C. The Morgan fingerprint density at radius 2 is 1.04 bits per heavy atom. The van der Waals surface area contributed by atoms with Gasteiger partial charge in [-0.2, -0.15) is 0 Å². The first-order chi connectivity index (χ1) is 23.5. The molecule has 2 heterocycles. The molecule has 8 nitrogen and oxygen atoms in total. The molecule has 1 aromatic rings. The Morgan fingerprint density at radius 1 is 0.673 bits per heavy atom. The van der Waals surface area contributed by atoms with Gasteiger partial charge in [0.1, 0.15) is 35.0 Å². The lowest BCUT2D eigenvalue weighted by Crippen LogP contribution is -2.49. The highest BCUT2D eigenvalue weighted by atomic mass is 16.5. The Hall–Kier alpha value is -3.03. The van der Waals surface area contributed by atoms with Gasteiger partial charge >= 0.3 is 11.9 Å². The van der Waals surface area contributed by atoms with Gasteiger partial charge in [-0.1, -0.05) is 96.9 Å². The second-order valence-electron chi connectivity index (χ2n) is 21.2. The molecule has 3 aliphatic rings. The average molecular weight is 721 g/mol. The van der Waals surface area contributed by atoms with Gasteiger partial charge in [0.2, 0.25) is 0 Å². The molecule has 8 heteroatoms. The summed E-state index contributed by atoms with van der Waals surface area (Å²) in [6, 6.07) is 0. The molecule has 0 radical (unpaired) electrons. The summed E-state index contributed by atoms with van der Waals surface area (Å²) in [6.45, 7) is 37.2. The van der Waals surface area contributed by atoms with Crippen LogP contribution in [0, 0.1) is 64.1 Å². The molecule has 1 aromatic heterocycles. The van der Waals surface area contributed by atoms with Crippen molar-refractivity contribution in [3.05, 3.63) is 33.7 Å². The highest BCUT2D eigenvalue weighted by molar-refractivity contribution is 6.22. The van der Waals surface area contributed by atoms with Crippen LogP contribution in [0.3, 0.4) is 0 Å². The van der Waals surface area contributed by atoms with Crippen LogP contribution in [0.5, 0.6) is 0 Å². The van der Waals surface area contributed by atoms with Gasteiger partial charge in [-0.3, -0.25) is 0 Å². The Morgan fingerprint density at radius 3 is 1.40 bits per heavy atom. The third-order valence-electron chi connectivity index (χ3n) is 12.8. The van der Waals surface area contributed by atoms with Crippen molar-refractivity contribution in [1.29, 1.82) is 0 Å². The van der Waals surface area contributed by atoms with E-state index in [-0.39, 0.29) is 69.2 Å². The predicted molar refractivity (Wildman–Crippen MR) is 215 cm³/mol. The smallest absolute Gasteiger partial charge is 0.342 e. The highest BCUT2D eigenvalue weighted by Crippen LogP contribution is 2.51. The number of aromatic amines is 1. The standard InChI is InChI=1S/C44H72N4O4/c1-22-18-27(41(6,7)8)35(28(19-22)42(9,10)11)51-39(49)31-24(3)33(47-37(31)45)26(5)34-25(4)32(38(46)48-34)40(50)52-36-29(43(12,13)14)20-23(2)21-30(36)44(15,16)17/h22-23,27-30,35-36,47H,18-21,45H2,1-17H3,(H2,46,48)/b34-26-. The number of esters is 2. The topological polar surface area (TPSA) is 133 Å². The molecule has 0 bridgehead atoms. The van der Waals surface area contributed by atoms with E-state index in [9.17, 15) is 9.59 Å². The van der Waals surface area contributed by atoms with Gasteiger partial charge < -0.3 is 25.9 Å². The zero-order valence-corrected chi connectivity index (χ0v) is 35.7. The summed E-state index contributed by atoms with van der Waals surface area (Å²) >= 11 is 0. The molecule has 2 saturated carbocycles. The molecular weight excluding hydrogens is 649 g/mol. The van der Waals surface area contributed by atoms with Gasteiger partial charge in [0.05, 0.1) is 5.70 Å². The van der Waals surface area contributed by atoms with E-state index in [1.165, 1.54) is 0 Å². The minimum atomic E-state index is -0.430. The van der Waals surface area contributed by atoms with E-state index < -0.39 is 11.9 Å². The number of rotatable bonds is 5. The number of aromatic nitrogens is 1. The van der Waals surface area contributed by atoms with Crippen LogP contribution in [0.1, 0.15) is 158 Å². The number of nitrogen functional groups attached to an aromatic ring is 1. The zero-order valence-electron chi connectivity index (χ0n) is 35.7. The van der Waals surface area contributed by atoms with Crippen molar-refractivity contribution in [3.63, 3.8) is 0 Å². The maximum absolute atomic E-state index is 14.1. The molecule has 2 aliphatic carbocycles. The number of nitrogens with one attached hydrogen (secondary N) is 1. The van der Waals surface area contributed by atoms with Gasteiger partial charge in [0, 0.05) is 29.4 Å². The minimum absolute atomic E-state index is 0.0339. The van der Waals surface area contributed by atoms with Crippen molar-refractivity contribution in [2.24, 2.45) is 67.9 Å². The number of ether oxygens (including phenoxy) is 2. The Kier molecular flexibility index (Phi) is 11.5. The van der Waals surface area contributed by atoms with Crippen molar-refractivity contribution >= 4 is 29.2 Å². The number of carbonyl (C=O) groups is 2. The van der Waals surface area contributed by atoms with Gasteiger partial charge in [0.25, 0.3) is 0 Å². The van der Waals surface area contributed by atoms with E-state index in [4.69, 9.17) is 25.9 Å². The lowest BCUT2D eigenvalue weighted by Gasteiger charge is -2.50. The zero-order chi connectivity index (χ0) is 39.6. The Labute approximate surface area is 315 Å². The van der Waals surface area contributed by atoms with E-state index in [0.717, 1.165) is 31.3 Å². The average Bonchev–Trinajstić information content (AvgIpc) is 3.44. The fourth-order valence-electron chi connectivity index (χ4n) is 9.67. The van der Waals surface area contributed by atoms with Crippen LogP contribution in [-0.4, -0.2) is 35.0 Å². The third-order valence-corrected chi connectivity index (χ3v) is 12.8. The summed E-state index contributed by atoms with van der Waals surface area (Å²) in [6.07, 6.45) is 3.55. The molecule has 292 valence electrons. The van der Waals surface area contributed by atoms with Crippen molar-refractivity contribution in [2.75, 3.05) is 5.73 Å². The summed E-state index contributed by atoms with van der Waals surface area (Å²) in [5.74, 6) is 1.49. The molecule has 52 heavy (non-hydrogen) atoms. The van der Waals surface area contributed by atoms with Gasteiger partial charge in [0.15, 0.2) is 0 Å². The molecule has 4 unspecified atom stereocenters. The fourth-order valence-corrected chi connectivity index (χ4v) is 9.67. The number of allylic oxidation sites excluding steroid dienone is 2. The molecule has 0 saturated heterocycles. The molecule has 0 amide bonds. The Balaban J connectivity index is 1.69. The molecule has 0 aromatic carbocycles. The van der Waals surface area contributed by atoms with Crippen LogP contribution in [0.4, 0.5) is 5.82 Å². The quantitative estimate of drug-likeness (QED) is 0.259. The third kappa shape index (κ3) is 8.36. The number of aliphatic imine (C=N–C) groups is 1. The molecule has 4 atom stereocenters. The number of hydrogen-bond donors (Lipinski definition) is 3. The first-order valence-corrected chi connectivity index (χ1v) is 19.7. The molecular formula is C44H72N4O4. The number of carbonyl (C=O) groups excluding carboxylic acids is 2. The summed E-state index contributed by atoms with van der Waals surface area (Å²) < 4.78 is 13.1. The Bertz CT molecular complexity index is 1580. The van der Waals surface area contributed by atoms with Crippen molar-refractivity contribution in [2.45, 2.75) is 156 Å². The van der Waals surface area contributed by atoms with Crippen molar-refractivity contribution in [1.82, 2.24) is 4.98 Å². The number of anilines is 1. The van der Waals surface area contributed by atoms with Gasteiger partial charge in [-0.05, 0) is 96.7 Å². The first kappa shape index (κ1) is 41.7. The van der Waals surface area contributed by atoms with Crippen LogP contribution < -0.4 is 11.5 Å². The normalized spacial score (nSPS) is 30.3. The predicted octanol–water partition coefficient (Wildman–Crippen LogP) is 10.3. The largest absolute Gasteiger partial charge is 0.458 e. The van der Waals surface area contributed by atoms with Crippen molar-refractivity contribution in [3.8, 4) is 0 Å². The summed E-state index contributed by atoms with van der Waals surface area (Å²) in [5.41, 5.74) is 16.9. The minimum Gasteiger partial charge on any atom is -0.458 e. The van der Waals surface area contributed by atoms with E-state index in [1.807, 2.05) is 20.8 Å². The summed E-state index contributed by atoms with van der Waals surface area (Å²) in [7, 11) is 0. The number of amidine groups is 1. The summed E-state index contributed by atoms with van der Waals surface area (Å²) in [4.78, 5) is 36.2. The lowest BCUT2D eigenvalue weighted by molar-refractivity contribution is -0.164.